The van der Waals surface area contributed by atoms with Crippen LogP contribution in [-0.2, 0) is 4.74 Å². The molecule has 4 bridgehead atoms. The van der Waals surface area contributed by atoms with Crippen LogP contribution >= 0.6 is 12.4 Å². The number of hydrogen-bond donors (Lipinski definition) is 1. The molecule has 0 aliphatic carbocycles. The van der Waals surface area contributed by atoms with Crippen molar-refractivity contribution >= 4 is 29.1 Å². The van der Waals surface area contributed by atoms with Crippen molar-refractivity contribution in [3.05, 3.63) is 24.3 Å². The molecule has 2 aliphatic heterocycles. The second-order valence-corrected chi connectivity index (χ2v) is 7.57. The molecule has 1 N–H and O–H groups in total. The molecule has 0 unspecified atom stereocenters. The molecule has 5 rings (SSSR count). The summed E-state index contributed by atoms with van der Waals surface area (Å²) >= 11 is 0. The van der Waals surface area contributed by atoms with E-state index in [1.165, 1.54) is 12.8 Å². The van der Waals surface area contributed by atoms with Gasteiger partial charge in [0.2, 0.25) is 0 Å². The van der Waals surface area contributed by atoms with Crippen LogP contribution < -0.4 is 14.4 Å². The summed E-state index contributed by atoms with van der Waals surface area (Å²) in [6.45, 7) is 5.64. The van der Waals surface area contributed by atoms with Crippen LogP contribution in [0.5, 0.6) is 11.8 Å². The second-order valence-electron chi connectivity index (χ2n) is 7.57. The van der Waals surface area contributed by atoms with Crippen LogP contribution in [0.3, 0.4) is 0 Å². The molecule has 1 saturated heterocycles. The molecule has 1 fully saturated rings. The topological polar surface area (TPSA) is 85.4 Å². The number of aromatic nitrogens is 4. The van der Waals surface area contributed by atoms with Gasteiger partial charge in [0.15, 0.2) is 0 Å². The van der Waals surface area contributed by atoms with Gasteiger partial charge < -0.3 is 19.1 Å². The van der Waals surface area contributed by atoms with Gasteiger partial charge in [-0.1, -0.05) is 0 Å². The van der Waals surface area contributed by atoms with E-state index in [0.29, 0.717) is 25.8 Å². The number of rotatable bonds is 1. The normalized spacial score (nSPS) is 19.5. The lowest BCUT2D eigenvalue weighted by Gasteiger charge is -2.17. The highest BCUT2D eigenvalue weighted by molar-refractivity contribution is 5.93. The molecule has 160 valence electrons. The van der Waals surface area contributed by atoms with Gasteiger partial charge >= 0.3 is 6.01 Å². The number of halogens is 1. The van der Waals surface area contributed by atoms with Crippen LogP contribution in [0.2, 0.25) is 0 Å². The monoisotopic (exact) mass is 431 g/mol. The first-order chi connectivity index (χ1) is 14.3. The van der Waals surface area contributed by atoms with Crippen LogP contribution in [0.4, 0.5) is 5.82 Å². The van der Waals surface area contributed by atoms with E-state index in [4.69, 9.17) is 14.2 Å². The fourth-order valence-corrected chi connectivity index (χ4v) is 3.81. The third-order valence-corrected chi connectivity index (χ3v) is 5.25. The quantitative estimate of drug-likeness (QED) is 0.629. The lowest BCUT2D eigenvalue weighted by molar-refractivity contribution is 0.0523. The zero-order valence-corrected chi connectivity index (χ0v) is 17.8. The molecule has 30 heavy (non-hydrogen) atoms. The van der Waals surface area contributed by atoms with Gasteiger partial charge in [-0.15, -0.1) is 12.4 Å². The molecule has 2 aromatic heterocycles. The highest BCUT2D eigenvalue weighted by Crippen LogP contribution is 2.32. The summed E-state index contributed by atoms with van der Waals surface area (Å²) in [5, 5.41) is 8.60. The third kappa shape index (κ3) is 4.29. The molecular weight excluding hydrogens is 406 g/mol. The SMILES string of the molecule is C[C@H]1COCCCOc2nc(cc(N3CCCC3)n2)-c2n[nH]c3ccc(cc23)O1.Cl. The highest BCUT2D eigenvalue weighted by Gasteiger charge is 2.20. The number of anilines is 1. The van der Waals surface area contributed by atoms with E-state index in [0.717, 1.165) is 53.4 Å². The second kappa shape index (κ2) is 9.06. The Hall–Kier alpha value is -2.58. The van der Waals surface area contributed by atoms with Crippen molar-refractivity contribution in [3.63, 3.8) is 0 Å². The molecule has 1 atom stereocenters. The summed E-state index contributed by atoms with van der Waals surface area (Å²) in [6.07, 6.45) is 3.07. The fourth-order valence-electron chi connectivity index (χ4n) is 3.81. The van der Waals surface area contributed by atoms with Crippen molar-refractivity contribution < 1.29 is 14.2 Å². The first kappa shape index (κ1) is 20.7. The van der Waals surface area contributed by atoms with Gasteiger partial charge in [-0.3, -0.25) is 5.10 Å². The number of hydrogen-bond acceptors (Lipinski definition) is 7. The summed E-state index contributed by atoms with van der Waals surface area (Å²) in [7, 11) is 0. The fraction of sp³-hybridized carbons (Fsp3) is 0.476. The van der Waals surface area contributed by atoms with Crippen molar-refractivity contribution in [2.45, 2.75) is 32.3 Å². The highest BCUT2D eigenvalue weighted by atomic mass is 35.5. The number of nitrogens with zero attached hydrogens (tertiary/aromatic N) is 4. The molecule has 0 amide bonds. The van der Waals surface area contributed by atoms with Gasteiger partial charge in [-0.25, -0.2) is 0 Å². The average molecular weight is 432 g/mol. The Balaban J connectivity index is 0.00000218. The van der Waals surface area contributed by atoms with Crippen LogP contribution in [0.1, 0.15) is 26.2 Å². The van der Waals surface area contributed by atoms with Crippen molar-refractivity contribution in [1.82, 2.24) is 20.2 Å². The molecule has 8 nitrogen and oxygen atoms in total. The number of ether oxygens (including phenoxy) is 3. The van der Waals surface area contributed by atoms with E-state index in [1.54, 1.807) is 0 Å². The smallest absolute Gasteiger partial charge is 0.318 e. The lowest BCUT2D eigenvalue weighted by atomic mass is 10.1. The van der Waals surface area contributed by atoms with Gasteiger partial charge in [0.1, 0.15) is 29.1 Å². The standard InChI is InChI=1S/C21H25N5O3.ClH/c1-14-13-27-9-4-10-28-21-22-18(12-19(23-21)26-7-2-3-8-26)20-16-11-15(29-14)5-6-17(16)24-25-20;/h5-6,11-12,14H,2-4,7-10,13H2,1H3,(H,24,25);1H/t14-;/m0./s1. The van der Waals surface area contributed by atoms with Gasteiger partial charge in [0.25, 0.3) is 0 Å². The van der Waals surface area contributed by atoms with Gasteiger partial charge in [0.05, 0.1) is 18.7 Å². The summed E-state index contributed by atoms with van der Waals surface area (Å²) in [5.41, 5.74) is 2.46. The van der Waals surface area contributed by atoms with Crippen LogP contribution in [0.15, 0.2) is 24.3 Å². The largest absolute Gasteiger partial charge is 0.488 e. The third-order valence-electron chi connectivity index (χ3n) is 5.25. The summed E-state index contributed by atoms with van der Waals surface area (Å²) in [4.78, 5) is 11.6. The van der Waals surface area contributed by atoms with E-state index in [2.05, 4.69) is 25.1 Å². The summed E-state index contributed by atoms with van der Waals surface area (Å²) in [6, 6.07) is 8.32. The Bertz CT molecular complexity index is 1010. The van der Waals surface area contributed by atoms with Crippen molar-refractivity contribution in [1.29, 1.82) is 0 Å². The maximum Gasteiger partial charge on any atom is 0.318 e. The Labute approximate surface area is 181 Å². The van der Waals surface area contributed by atoms with E-state index in [9.17, 15) is 0 Å². The van der Waals surface area contributed by atoms with Crippen LogP contribution in [0, 0.1) is 0 Å². The van der Waals surface area contributed by atoms with E-state index in [1.807, 2.05) is 31.2 Å². The van der Waals surface area contributed by atoms with Gasteiger partial charge in [-0.2, -0.15) is 15.1 Å². The van der Waals surface area contributed by atoms with Crippen molar-refractivity contribution in [2.75, 3.05) is 37.8 Å². The van der Waals surface area contributed by atoms with Crippen molar-refractivity contribution in [3.8, 4) is 23.1 Å². The molecule has 0 saturated carbocycles. The zero-order valence-electron chi connectivity index (χ0n) is 17.0. The Kier molecular flexibility index (Phi) is 6.24. The minimum Gasteiger partial charge on any atom is -0.488 e. The predicted molar refractivity (Wildman–Crippen MR) is 117 cm³/mol. The first-order valence-corrected chi connectivity index (χ1v) is 10.3. The summed E-state index contributed by atoms with van der Waals surface area (Å²) < 4.78 is 17.6. The van der Waals surface area contributed by atoms with E-state index < -0.39 is 0 Å². The average Bonchev–Trinajstić information content (AvgIpc) is 3.39. The Morgan fingerprint density at radius 1 is 1.07 bits per heavy atom. The number of H-pyrrole nitrogens is 1. The Morgan fingerprint density at radius 3 is 2.80 bits per heavy atom. The molecule has 0 radical (unpaired) electrons. The zero-order chi connectivity index (χ0) is 19.6. The lowest BCUT2D eigenvalue weighted by Crippen LogP contribution is -2.20. The van der Waals surface area contributed by atoms with Gasteiger partial charge in [-0.05, 0) is 38.0 Å². The molecule has 0 spiro atoms. The number of benzene rings is 1. The predicted octanol–water partition coefficient (Wildman–Crippen LogP) is 3.61. The minimum atomic E-state index is -0.0449. The van der Waals surface area contributed by atoms with E-state index in [-0.39, 0.29) is 18.5 Å². The van der Waals surface area contributed by atoms with Crippen LogP contribution in [0.25, 0.3) is 22.3 Å². The minimum absolute atomic E-state index is 0. The molecular formula is C21H26ClN5O3. The van der Waals surface area contributed by atoms with Gasteiger partial charge in [0, 0.05) is 37.6 Å². The first-order valence-electron chi connectivity index (χ1n) is 10.3. The van der Waals surface area contributed by atoms with Crippen molar-refractivity contribution in [2.24, 2.45) is 0 Å². The maximum atomic E-state index is 6.04. The molecule has 1 aromatic carbocycles. The Morgan fingerprint density at radius 2 is 1.93 bits per heavy atom. The molecule has 4 heterocycles. The molecule has 2 aliphatic rings. The van der Waals surface area contributed by atoms with E-state index >= 15 is 0 Å². The number of aromatic amines is 1. The number of fused-ring (bicyclic) bond motifs is 4. The summed E-state index contributed by atoms with van der Waals surface area (Å²) in [5.74, 6) is 1.68. The number of nitrogens with one attached hydrogen (secondary N) is 1. The molecule has 3 aromatic rings. The maximum absolute atomic E-state index is 6.04. The van der Waals surface area contributed by atoms with Crippen LogP contribution in [-0.4, -0.2) is 59.2 Å². The molecule has 9 heteroatoms.